The van der Waals surface area contributed by atoms with E-state index in [0.717, 1.165) is 15.6 Å². The molecule has 3 aromatic carbocycles. The second-order valence-corrected chi connectivity index (χ2v) is 11.6. The molecule has 0 aliphatic carbocycles. The second kappa shape index (κ2) is 11.5. The van der Waals surface area contributed by atoms with Crippen molar-refractivity contribution in [2.24, 2.45) is 4.99 Å². The molecule has 0 N–H and O–H groups in total. The summed E-state index contributed by atoms with van der Waals surface area (Å²) in [7, 11) is 0. The van der Waals surface area contributed by atoms with Crippen molar-refractivity contribution in [1.82, 2.24) is 4.57 Å². The van der Waals surface area contributed by atoms with Crippen molar-refractivity contribution in [2.45, 2.75) is 13.0 Å². The van der Waals surface area contributed by atoms with Crippen LogP contribution in [0.2, 0.25) is 5.02 Å². The zero-order valence-corrected chi connectivity index (χ0v) is 24.9. The lowest BCUT2D eigenvalue weighted by Gasteiger charge is -2.25. The summed E-state index contributed by atoms with van der Waals surface area (Å²) >= 11 is 10.9. The molecule has 6 nitrogen and oxygen atoms in total. The van der Waals surface area contributed by atoms with Gasteiger partial charge in [0.1, 0.15) is 11.5 Å². The van der Waals surface area contributed by atoms with Gasteiger partial charge in [0.25, 0.3) is 5.56 Å². The van der Waals surface area contributed by atoms with E-state index in [4.69, 9.17) is 25.7 Å². The molecule has 0 radical (unpaired) electrons. The molecule has 0 amide bonds. The summed E-state index contributed by atoms with van der Waals surface area (Å²) in [5, 5.41) is 0.546. The first-order chi connectivity index (χ1) is 19.9. The maximum absolute atomic E-state index is 14.0. The summed E-state index contributed by atoms with van der Waals surface area (Å²) < 4.78 is 14.5. The van der Waals surface area contributed by atoms with Gasteiger partial charge in [-0.05, 0) is 48.9 Å². The monoisotopic (exact) mass is 644 g/mol. The van der Waals surface area contributed by atoms with Gasteiger partial charge in [-0.1, -0.05) is 93.5 Å². The number of thiazole rings is 1. The SMILES string of the molecule is CCOC(=O)C1=C(c2ccccc2)N=c2s/c(=C\c3ccc(-c4cccc(Br)c4)o3)c(=O)n2[C@H]1c1ccc(Cl)cc1. The van der Waals surface area contributed by atoms with Gasteiger partial charge in [0.2, 0.25) is 0 Å². The van der Waals surface area contributed by atoms with Crippen LogP contribution in [-0.4, -0.2) is 17.1 Å². The minimum Gasteiger partial charge on any atom is -0.463 e. The van der Waals surface area contributed by atoms with E-state index in [1.807, 2.05) is 78.9 Å². The number of hydrogen-bond acceptors (Lipinski definition) is 6. The average molecular weight is 646 g/mol. The van der Waals surface area contributed by atoms with Crippen molar-refractivity contribution in [3.05, 3.63) is 143 Å². The molecule has 0 spiro atoms. The zero-order chi connectivity index (χ0) is 28.5. The summed E-state index contributed by atoms with van der Waals surface area (Å²) in [6, 6.07) is 27.3. The van der Waals surface area contributed by atoms with Crippen molar-refractivity contribution in [3.63, 3.8) is 0 Å². The molecule has 3 heterocycles. The Balaban J connectivity index is 1.56. The lowest BCUT2D eigenvalue weighted by atomic mass is 9.93. The molecule has 6 rings (SSSR count). The Morgan fingerprint density at radius 2 is 1.80 bits per heavy atom. The maximum atomic E-state index is 14.0. The van der Waals surface area contributed by atoms with Gasteiger partial charge in [-0.15, -0.1) is 0 Å². The zero-order valence-electron chi connectivity index (χ0n) is 21.7. The van der Waals surface area contributed by atoms with E-state index < -0.39 is 12.0 Å². The predicted molar refractivity (Wildman–Crippen MR) is 164 cm³/mol. The van der Waals surface area contributed by atoms with Gasteiger partial charge in [0, 0.05) is 26.7 Å². The first kappa shape index (κ1) is 27.2. The molecule has 0 unspecified atom stereocenters. The fourth-order valence-electron chi connectivity index (χ4n) is 4.76. The molecule has 5 aromatic rings. The fourth-order valence-corrected chi connectivity index (χ4v) is 6.26. The molecule has 0 saturated heterocycles. The molecule has 0 bridgehead atoms. The number of ether oxygens (including phenoxy) is 1. The average Bonchev–Trinajstić information content (AvgIpc) is 3.57. The van der Waals surface area contributed by atoms with Gasteiger partial charge in [-0.25, -0.2) is 9.79 Å². The first-order valence-corrected chi connectivity index (χ1v) is 14.8. The Bertz CT molecular complexity index is 1970. The summed E-state index contributed by atoms with van der Waals surface area (Å²) in [6.45, 7) is 1.93. The predicted octanol–water partition coefficient (Wildman–Crippen LogP) is 6.61. The van der Waals surface area contributed by atoms with Crippen LogP contribution >= 0.6 is 38.9 Å². The van der Waals surface area contributed by atoms with Crippen LogP contribution in [0.1, 0.15) is 29.9 Å². The van der Waals surface area contributed by atoms with Gasteiger partial charge >= 0.3 is 5.97 Å². The highest BCUT2D eigenvalue weighted by Gasteiger charge is 2.35. The number of carbonyl (C=O) groups is 1. The second-order valence-electron chi connectivity index (χ2n) is 9.20. The summed E-state index contributed by atoms with van der Waals surface area (Å²) in [6.07, 6.45) is 1.71. The molecule has 41 heavy (non-hydrogen) atoms. The van der Waals surface area contributed by atoms with Crippen LogP contribution in [0.5, 0.6) is 0 Å². The normalized spacial score (nSPS) is 15.0. The van der Waals surface area contributed by atoms with E-state index in [2.05, 4.69) is 15.9 Å². The minimum atomic E-state index is -0.770. The van der Waals surface area contributed by atoms with Crippen LogP contribution in [0.3, 0.4) is 0 Å². The van der Waals surface area contributed by atoms with Crippen molar-refractivity contribution < 1.29 is 13.9 Å². The Morgan fingerprint density at radius 3 is 2.54 bits per heavy atom. The molecule has 0 saturated carbocycles. The number of benzene rings is 3. The van der Waals surface area contributed by atoms with E-state index in [1.165, 1.54) is 11.3 Å². The van der Waals surface area contributed by atoms with Gasteiger partial charge in [-0.3, -0.25) is 9.36 Å². The van der Waals surface area contributed by atoms with Gasteiger partial charge in [-0.2, -0.15) is 0 Å². The summed E-state index contributed by atoms with van der Waals surface area (Å²) in [4.78, 5) is 32.8. The van der Waals surface area contributed by atoms with Gasteiger partial charge in [0.15, 0.2) is 4.80 Å². The summed E-state index contributed by atoms with van der Waals surface area (Å²) in [5.41, 5.74) is 2.83. The summed E-state index contributed by atoms with van der Waals surface area (Å²) in [5.74, 6) is 0.676. The Morgan fingerprint density at radius 1 is 1.05 bits per heavy atom. The molecule has 1 atom stereocenters. The quantitative estimate of drug-likeness (QED) is 0.195. The fraction of sp³-hybridized carbons (Fsp3) is 0.0938. The van der Waals surface area contributed by atoms with E-state index in [-0.39, 0.29) is 17.7 Å². The van der Waals surface area contributed by atoms with Crippen molar-refractivity contribution in [1.29, 1.82) is 0 Å². The number of aromatic nitrogens is 1. The molecular weight excluding hydrogens is 624 g/mol. The number of hydrogen-bond donors (Lipinski definition) is 0. The van der Waals surface area contributed by atoms with Crippen molar-refractivity contribution >= 4 is 56.6 Å². The van der Waals surface area contributed by atoms with Crippen molar-refractivity contribution in [3.8, 4) is 11.3 Å². The lowest BCUT2D eigenvalue weighted by Crippen LogP contribution is -2.39. The smallest absolute Gasteiger partial charge is 0.338 e. The standard InChI is InChI=1S/C32H22BrClN2O4S/c1-2-39-31(38)27-28(19-7-4-3-5-8-19)35-32-36(29(27)20-11-13-23(34)14-12-20)30(37)26(41-32)18-24-15-16-25(40-24)21-9-6-10-22(33)17-21/h3-18,29H,2H2,1H3/b26-18-/t29-/m0/s1. The third-order valence-corrected chi connectivity index (χ3v) is 8.30. The van der Waals surface area contributed by atoms with E-state index in [1.54, 1.807) is 29.7 Å². The highest BCUT2D eigenvalue weighted by molar-refractivity contribution is 9.10. The van der Waals surface area contributed by atoms with Gasteiger partial charge in [0.05, 0.1) is 28.5 Å². The molecule has 0 fully saturated rings. The van der Waals surface area contributed by atoms with Crippen molar-refractivity contribution in [2.75, 3.05) is 6.61 Å². The van der Waals surface area contributed by atoms with Crippen LogP contribution in [0.25, 0.3) is 23.1 Å². The lowest BCUT2D eigenvalue weighted by molar-refractivity contribution is -0.138. The largest absolute Gasteiger partial charge is 0.463 e. The Labute approximate surface area is 252 Å². The van der Waals surface area contributed by atoms with Crippen LogP contribution in [0.4, 0.5) is 0 Å². The molecule has 204 valence electrons. The van der Waals surface area contributed by atoms with E-state index >= 15 is 0 Å². The highest BCUT2D eigenvalue weighted by atomic mass is 79.9. The highest BCUT2D eigenvalue weighted by Crippen LogP contribution is 2.35. The first-order valence-electron chi connectivity index (χ1n) is 12.8. The molecule has 1 aliphatic heterocycles. The third-order valence-electron chi connectivity index (χ3n) is 6.57. The number of furan rings is 1. The number of esters is 1. The van der Waals surface area contributed by atoms with E-state index in [9.17, 15) is 9.59 Å². The molecule has 9 heteroatoms. The maximum Gasteiger partial charge on any atom is 0.338 e. The van der Waals surface area contributed by atoms with Crippen LogP contribution < -0.4 is 14.9 Å². The molecule has 1 aliphatic rings. The topological polar surface area (TPSA) is 73.8 Å². The Kier molecular flexibility index (Phi) is 7.62. The number of nitrogens with zero attached hydrogens (tertiary/aromatic N) is 2. The number of halogens is 2. The molecule has 2 aromatic heterocycles. The van der Waals surface area contributed by atoms with E-state index in [0.29, 0.717) is 37.1 Å². The Hall–Kier alpha value is -3.98. The number of carbonyl (C=O) groups excluding carboxylic acids is 1. The number of rotatable bonds is 6. The third kappa shape index (κ3) is 5.38. The van der Waals surface area contributed by atoms with Crippen LogP contribution in [0.15, 0.2) is 115 Å². The van der Waals surface area contributed by atoms with Gasteiger partial charge < -0.3 is 9.15 Å². The van der Waals surface area contributed by atoms with Crippen LogP contribution in [-0.2, 0) is 9.53 Å². The molecular formula is C32H22BrClN2O4S. The minimum absolute atomic E-state index is 0.182. The number of fused-ring (bicyclic) bond motifs is 1. The van der Waals surface area contributed by atoms with Crippen LogP contribution in [0, 0.1) is 0 Å².